The number of rotatable bonds is 3. The van der Waals surface area contributed by atoms with Gasteiger partial charge in [-0.1, -0.05) is 0 Å². The highest BCUT2D eigenvalue weighted by molar-refractivity contribution is 5.98. The van der Waals surface area contributed by atoms with Crippen LogP contribution >= 0.6 is 0 Å². The topological polar surface area (TPSA) is 86.5 Å². The van der Waals surface area contributed by atoms with Crippen molar-refractivity contribution in [2.24, 2.45) is 0 Å². The average Bonchev–Trinajstić information content (AvgIpc) is 2.26. The molecule has 0 unspecified atom stereocenters. The Morgan fingerprint density at radius 1 is 1.56 bits per heavy atom. The summed E-state index contributed by atoms with van der Waals surface area (Å²) in [5.74, 6) is -2.00. The fourth-order valence-corrected chi connectivity index (χ4v) is 1.18. The SMILES string of the molecule is COC(=O)c1cc(F)cc(C=O)c1[N+](=O)[O-]. The molecule has 0 radical (unpaired) electrons. The lowest BCUT2D eigenvalue weighted by molar-refractivity contribution is -0.385. The quantitative estimate of drug-likeness (QED) is 0.336. The second-order valence-corrected chi connectivity index (χ2v) is 2.76. The van der Waals surface area contributed by atoms with Crippen molar-refractivity contribution < 1.29 is 23.6 Å². The van der Waals surface area contributed by atoms with Gasteiger partial charge in [0.25, 0.3) is 5.69 Å². The number of aldehydes is 1. The number of hydrogen-bond acceptors (Lipinski definition) is 5. The van der Waals surface area contributed by atoms with Gasteiger partial charge in [-0.15, -0.1) is 0 Å². The Balaban J connectivity index is 3.56. The van der Waals surface area contributed by atoms with Gasteiger partial charge in [0.1, 0.15) is 11.4 Å². The molecule has 0 spiro atoms. The van der Waals surface area contributed by atoms with Crippen molar-refractivity contribution in [2.45, 2.75) is 0 Å². The highest BCUT2D eigenvalue weighted by Gasteiger charge is 2.26. The molecule has 0 N–H and O–H groups in total. The Labute approximate surface area is 88.8 Å². The molecule has 0 aromatic heterocycles. The second-order valence-electron chi connectivity index (χ2n) is 2.76. The molecule has 84 valence electrons. The summed E-state index contributed by atoms with van der Waals surface area (Å²) in [6.07, 6.45) is 0.105. The van der Waals surface area contributed by atoms with Gasteiger partial charge in [0, 0.05) is 0 Å². The van der Waals surface area contributed by atoms with Gasteiger partial charge >= 0.3 is 5.97 Å². The van der Waals surface area contributed by atoms with Crippen LogP contribution in [0, 0.1) is 15.9 Å². The Morgan fingerprint density at radius 2 is 2.19 bits per heavy atom. The summed E-state index contributed by atoms with van der Waals surface area (Å²) < 4.78 is 17.2. The van der Waals surface area contributed by atoms with E-state index in [1.807, 2.05) is 0 Å². The zero-order valence-corrected chi connectivity index (χ0v) is 8.10. The largest absolute Gasteiger partial charge is 0.465 e. The number of nitrogens with zero attached hydrogens (tertiary/aromatic N) is 1. The lowest BCUT2D eigenvalue weighted by atomic mass is 10.1. The predicted molar refractivity (Wildman–Crippen MR) is 49.8 cm³/mol. The molecule has 0 bridgehead atoms. The normalized spacial score (nSPS) is 9.62. The molecule has 1 rings (SSSR count). The number of carbonyl (C=O) groups excluding carboxylic acids is 2. The van der Waals surface area contributed by atoms with Crippen LogP contribution in [0.15, 0.2) is 12.1 Å². The minimum absolute atomic E-state index is 0.105. The van der Waals surface area contributed by atoms with Crippen molar-refractivity contribution in [1.82, 2.24) is 0 Å². The molecule has 1 aromatic rings. The van der Waals surface area contributed by atoms with Gasteiger partial charge in [-0.05, 0) is 12.1 Å². The van der Waals surface area contributed by atoms with Crippen LogP contribution in [0.1, 0.15) is 20.7 Å². The number of hydrogen-bond donors (Lipinski definition) is 0. The van der Waals surface area contributed by atoms with Crippen LogP contribution in [0.25, 0.3) is 0 Å². The Morgan fingerprint density at radius 3 is 2.62 bits per heavy atom. The fraction of sp³-hybridized carbons (Fsp3) is 0.111. The number of benzene rings is 1. The molecule has 0 saturated carbocycles. The highest BCUT2D eigenvalue weighted by atomic mass is 19.1. The van der Waals surface area contributed by atoms with Crippen molar-refractivity contribution in [3.63, 3.8) is 0 Å². The van der Waals surface area contributed by atoms with Crippen molar-refractivity contribution >= 4 is 17.9 Å². The monoisotopic (exact) mass is 227 g/mol. The van der Waals surface area contributed by atoms with Gasteiger partial charge in [-0.25, -0.2) is 9.18 Å². The van der Waals surface area contributed by atoms with Gasteiger partial charge in [0.2, 0.25) is 0 Å². The summed E-state index contributed by atoms with van der Waals surface area (Å²) in [6.45, 7) is 0. The number of halogens is 1. The minimum Gasteiger partial charge on any atom is -0.465 e. The summed E-state index contributed by atoms with van der Waals surface area (Å²) in [7, 11) is 0.998. The smallest absolute Gasteiger partial charge is 0.345 e. The molecule has 0 atom stereocenters. The van der Waals surface area contributed by atoms with Crippen LogP contribution < -0.4 is 0 Å². The van der Waals surface area contributed by atoms with Gasteiger partial charge in [-0.3, -0.25) is 14.9 Å². The molecule has 0 heterocycles. The summed E-state index contributed by atoms with van der Waals surface area (Å²) in [6, 6.07) is 1.33. The van der Waals surface area contributed by atoms with Gasteiger partial charge in [-0.2, -0.15) is 0 Å². The molecule has 7 heteroatoms. The van der Waals surface area contributed by atoms with E-state index in [0.717, 1.165) is 7.11 Å². The molecule has 0 aliphatic carbocycles. The first-order valence-electron chi connectivity index (χ1n) is 4.02. The lowest BCUT2D eigenvalue weighted by Crippen LogP contribution is -2.08. The summed E-state index contributed by atoms with van der Waals surface area (Å²) in [4.78, 5) is 31.4. The Bertz CT molecular complexity index is 471. The van der Waals surface area contributed by atoms with Crippen LogP contribution in [0.2, 0.25) is 0 Å². The third-order valence-electron chi connectivity index (χ3n) is 1.82. The number of esters is 1. The number of methoxy groups -OCH3 is 1. The van der Waals surface area contributed by atoms with E-state index in [-0.39, 0.29) is 6.29 Å². The van der Waals surface area contributed by atoms with Gasteiger partial charge < -0.3 is 4.74 Å². The van der Waals surface area contributed by atoms with E-state index < -0.39 is 33.5 Å². The summed E-state index contributed by atoms with van der Waals surface area (Å²) >= 11 is 0. The van der Waals surface area contributed by atoms with Crippen molar-refractivity contribution in [2.75, 3.05) is 7.11 Å². The van der Waals surface area contributed by atoms with E-state index in [4.69, 9.17) is 0 Å². The number of nitro groups is 1. The molecule has 0 saturated heterocycles. The van der Waals surface area contributed by atoms with Crippen LogP contribution in [0.5, 0.6) is 0 Å². The van der Waals surface area contributed by atoms with Crippen molar-refractivity contribution in [3.05, 3.63) is 39.2 Å². The first-order valence-corrected chi connectivity index (χ1v) is 4.02. The first kappa shape index (κ1) is 11.8. The number of nitro benzene ring substituents is 1. The van der Waals surface area contributed by atoms with Crippen molar-refractivity contribution in [3.8, 4) is 0 Å². The number of ether oxygens (including phenoxy) is 1. The maximum atomic E-state index is 13.0. The molecule has 0 fully saturated rings. The molecule has 16 heavy (non-hydrogen) atoms. The summed E-state index contributed by atoms with van der Waals surface area (Å²) in [5.41, 5.74) is -1.86. The van der Waals surface area contributed by atoms with E-state index in [2.05, 4.69) is 4.74 Å². The molecule has 1 aromatic carbocycles. The minimum atomic E-state index is -1.07. The van der Waals surface area contributed by atoms with Crippen molar-refractivity contribution in [1.29, 1.82) is 0 Å². The van der Waals surface area contributed by atoms with E-state index >= 15 is 0 Å². The molecule has 6 nitrogen and oxygen atoms in total. The molecule has 0 aliphatic heterocycles. The fourth-order valence-electron chi connectivity index (χ4n) is 1.18. The zero-order chi connectivity index (χ0) is 12.3. The van der Waals surface area contributed by atoms with Crippen LogP contribution in [0.4, 0.5) is 10.1 Å². The predicted octanol–water partition coefficient (Wildman–Crippen LogP) is 1.33. The lowest BCUT2D eigenvalue weighted by Gasteiger charge is -2.03. The van der Waals surface area contributed by atoms with Crippen LogP contribution in [0.3, 0.4) is 0 Å². The second kappa shape index (κ2) is 4.47. The third kappa shape index (κ3) is 2.02. The molecular weight excluding hydrogens is 221 g/mol. The van der Waals surface area contributed by atoms with E-state index in [0.29, 0.717) is 12.1 Å². The molecular formula is C9H6FNO5. The maximum Gasteiger partial charge on any atom is 0.345 e. The van der Waals surface area contributed by atoms with Crippen LogP contribution in [-0.4, -0.2) is 24.3 Å². The standard InChI is InChI=1S/C9H6FNO5/c1-16-9(13)7-3-6(10)2-5(4-12)8(7)11(14)15/h2-4H,1H3. The Kier molecular flexibility index (Phi) is 3.29. The highest BCUT2D eigenvalue weighted by Crippen LogP contribution is 2.24. The maximum absolute atomic E-state index is 13.0. The molecule has 0 aliphatic rings. The third-order valence-corrected chi connectivity index (χ3v) is 1.82. The summed E-state index contributed by atoms with van der Waals surface area (Å²) in [5, 5.41) is 10.6. The zero-order valence-electron chi connectivity index (χ0n) is 8.10. The Hall–Kier alpha value is -2.31. The number of carbonyl (C=O) groups is 2. The first-order chi connectivity index (χ1) is 7.51. The van der Waals surface area contributed by atoms with Crippen LogP contribution in [-0.2, 0) is 4.74 Å². The molecule has 0 amide bonds. The van der Waals surface area contributed by atoms with Gasteiger partial charge in [0.15, 0.2) is 6.29 Å². The average molecular weight is 227 g/mol. The van der Waals surface area contributed by atoms with E-state index in [9.17, 15) is 24.1 Å². The van der Waals surface area contributed by atoms with E-state index in [1.54, 1.807) is 0 Å². The van der Waals surface area contributed by atoms with Gasteiger partial charge in [0.05, 0.1) is 17.6 Å². The van der Waals surface area contributed by atoms with E-state index in [1.165, 1.54) is 0 Å².